The van der Waals surface area contributed by atoms with Gasteiger partial charge in [0.1, 0.15) is 0 Å². The summed E-state index contributed by atoms with van der Waals surface area (Å²) in [6.45, 7) is 20.2. The molecule has 1 heteroatoms. The molecule has 0 saturated carbocycles. The predicted molar refractivity (Wildman–Crippen MR) is 105 cm³/mol. The number of aliphatic hydroxyl groups is 1. The highest BCUT2D eigenvalue weighted by atomic mass is 16.3. The van der Waals surface area contributed by atoms with Gasteiger partial charge in [0.2, 0.25) is 0 Å². The van der Waals surface area contributed by atoms with E-state index in [1.807, 2.05) is 0 Å². The SMILES string of the molecule is CCCCCC(CCC)(CCC)CC(O)(C(C)(C)C)C(C)(C)C. The van der Waals surface area contributed by atoms with Gasteiger partial charge in [-0.3, -0.25) is 0 Å². The average molecular weight is 327 g/mol. The van der Waals surface area contributed by atoms with E-state index in [0.717, 1.165) is 6.42 Å². The maximum atomic E-state index is 11.8. The van der Waals surface area contributed by atoms with Crippen molar-refractivity contribution in [2.75, 3.05) is 0 Å². The van der Waals surface area contributed by atoms with E-state index < -0.39 is 5.60 Å². The van der Waals surface area contributed by atoms with Gasteiger partial charge in [-0.2, -0.15) is 0 Å². The molecule has 1 nitrogen and oxygen atoms in total. The van der Waals surface area contributed by atoms with Crippen LogP contribution in [0.5, 0.6) is 0 Å². The normalized spacial score (nSPS) is 14.3. The summed E-state index contributed by atoms with van der Waals surface area (Å²) in [6.07, 6.45) is 11.1. The van der Waals surface area contributed by atoms with Gasteiger partial charge in [0.15, 0.2) is 0 Å². The third kappa shape index (κ3) is 6.07. The lowest BCUT2D eigenvalue weighted by Gasteiger charge is -2.54. The van der Waals surface area contributed by atoms with E-state index in [1.165, 1.54) is 51.4 Å². The molecule has 0 amide bonds. The maximum Gasteiger partial charge on any atom is 0.0749 e. The van der Waals surface area contributed by atoms with Gasteiger partial charge in [-0.05, 0) is 41.9 Å². The van der Waals surface area contributed by atoms with Gasteiger partial charge in [-0.25, -0.2) is 0 Å². The quantitative estimate of drug-likeness (QED) is 0.415. The van der Waals surface area contributed by atoms with Gasteiger partial charge in [-0.15, -0.1) is 0 Å². The minimum absolute atomic E-state index is 0.108. The van der Waals surface area contributed by atoms with Crippen LogP contribution in [-0.4, -0.2) is 10.7 Å². The first kappa shape index (κ1) is 23.0. The van der Waals surface area contributed by atoms with Crippen LogP contribution in [0.2, 0.25) is 0 Å². The molecule has 23 heavy (non-hydrogen) atoms. The van der Waals surface area contributed by atoms with E-state index in [-0.39, 0.29) is 10.8 Å². The van der Waals surface area contributed by atoms with Crippen molar-refractivity contribution in [3.63, 3.8) is 0 Å². The summed E-state index contributed by atoms with van der Waals surface area (Å²) in [5.74, 6) is 0. The van der Waals surface area contributed by atoms with Crippen LogP contribution in [0.4, 0.5) is 0 Å². The lowest BCUT2D eigenvalue weighted by molar-refractivity contribution is -0.166. The Morgan fingerprint density at radius 2 is 1.04 bits per heavy atom. The van der Waals surface area contributed by atoms with E-state index >= 15 is 0 Å². The fourth-order valence-electron chi connectivity index (χ4n) is 4.65. The lowest BCUT2D eigenvalue weighted by atomic mass is 9.55. The Labute approximate surface area is 147 Å². The highest BCUT2D eigenvalue weighted by molar-refractivity contribution is 5.03. The van der Waals surface area contributed by atoms with Crippen molar-refractivity contribution >= 4 is 0 Å². The van der Waals surface area contributed by atoms with Crippen molar-refractivity contribution in [1.29, 1.82) is 0 Å². The van der Waals surface area contributed by atoms with Crippen LogP contribution < -0.4 is 0 Å². The van der Waals surface area contributed by atoms with Gasteiger partial charge in [-0.1, -0.05) is 94.4 Å². The second-order valence-corrected chi connectivity index (χ2v) is 9.99. The molecule has 0 unspecified atom stereocenters. The van der Waals surface area contributed by atoms with Gasteiger partial charge in [0.05, 0.1) is 5.60 Å². The van der Waals surface area contributed by atoms with E-state index in [4.69, 9.17) is 0 Å². The Hall–Kier alpha value is -0.0400. The highest BCUT2D eigenvalue weighted by Gasteiger charge is 2.52. The molecule has 140 valence electrons. The molecule has 0 bridgehead atoms. The molecule has 1 N–H and O–H groups in total. The van der Waals surface area contributed by atoms with E-state index in [0.29, 0.717) is 5.41 Å². The Morgan fingerprint density at radius 1 is 0.609 bits per heavy atom. The largest absolute Gasteiger partial charge is 0.389 e. The van der Waals surface area contributed by atoms with Crippen molar-refractivity contribution in [2.24, 2.45) is 16.2 Å². The Balaban J connectivity index is 5.67. The molecule has 0 aliphatic carbocycles. The minimum Gasteiger partial charge on any atom is -0.389 e. The van der Waals surface area contributed by atoms with E-state index in [1.54, 1.807) is 0 Å². The van der Waals surface area contributed by atoms with E-state index in [9.17, 15) is 5.11 Å². The molecule has 0 aliphatic rings. The molecular formula is C22H46O. The zero-order valence-corrected chi connectivity index (χ0v) is 17.8. The predicted octanol–water partition coefficient (Wildman–Crippen LogP) is 7.37. The molecule has 0 fully saturated rings. The molecule has 0 heterocycles. The van der Waals surface area contributed by atoms with Crippen molar-refractivity contribution in [1.82, 2.24) is 0 Å². The third-order valence-corrected chi connectivity index (χ3v) is 5.98. The lowest BCUT2D eigenvalue weighted by Crippen LogP contribution is -2.56. The van der Waals surface area contributed by atoms with Crippen LogP contribution in [0, 0.1) is 16.2 Å². The fourth-order valence-corrected chi connectivity index (χ4v) is 4.65. The number of hydrogen-bond acceptors (Lipinski definition) is 1. The molecule has 0 atom stereocenters. The smallest absolute Gasteiger partial charge is 0.0749 e. The van der Waals surface area contributed by atoms with Crippen LogP contribution in [0.3, 0.4) is 0 Å². The summed E-state index contributed by atoms with van der Waals surface area (Å²) in [5.41, 5.74) is -0.560. The van der Waals surface area contributed by atoms with Crippen molar-refractivity contribution in [2.45, 2.75) is 126 Å². The molecule has 0 aromatic heterocycles. The minimum atomic E-state index is -0.642. The number of hydrogen-bond donors (Lipinski definition) is 1. The summed E-state index contributed by atoms with van der Waals surface area (Å²) in [4.78, 5) is 0. The van der Waals surface area contributed by atoms with Crippen LogP contribution >= 0.6 is 0 Å². The Kier molecular flexibility index (Phi) is 8.87. The second-order valence-electron chi connectivity index (χ2n) is 9.99. The summed E-state index contributed by atoms with van der Waals surface area (Å²) >= 11 is 0. The zero-order chi connectivity index (χ0) is 18.4. The first-order valence-electron chi connectivity index (χ1n) is 10.1. The van der Waals surface area contributed by atoms with Gasteiger partial charge < -0.3 is 5.11 Å². The average Bonchev–Trinajstić information content (AvgIpc) is 2.37. The second kappa shape index (κ2) is 8.88. The first-order valence-corrected chi connectivity index (χ1v) is 10.1. The molecule has 0 radical (unpaired) electrons. The van der Waals surface area contributed by atoms with Crippen LogP contribution in [-0.2, 0) is 0 Å². The molecule has 0 aliphatic heterocycles. The summed E-state index contributed by atoms with van der Waals surface area (Å²) < 4.78 is 0. The van der Waals surface area contributed by atoms with Crippen molar-refractivity contribution in [3.8, 4) is 0 Å². The maximum absolute atomic E-state index is 11.8. The summed E-state index contributed by atoms with van der Waals surface area (Å²) in [5, 5.41) is 11.8. The van der Waals surface area contributed by atoms with Gasteiger partial charge in [0, 0.05) is 0 Å². The van der Waals surface area contributed by atoms with Gasteiger partial charge in [0.25, 0.3) is 0 Å². The Bertz CT molecular complexity index is 296. The van der Waals surface area contributed by atoms with Crippen molar-refractivity contribution in [3.05, 3.63) is 0 Å². The first-order chi connectivity index (χ1) is 10.4. The van der Waals surface area contributed by atoms with Crippen molar-refractivity contribution < 1.29 is 5.11 Å². The van der Waals surface area contributed by atoms with Crippen LogP contribution in [0.25, 0.3) is 0 Å². The Morgan fingerprint density at radius 3 is 1.35 bits per heavy atom. The molecule has 0 spiro atoms. The zero-order valence-electron chi connectivity index (χ0n) is 17.8. The molecule has 0 aromatic rings. The molecule has 0 aromatic carbocycles. The number of unbranched alkanes of at least 4 members (excludes halogenated alkanes) is 2. The molecule has 0 rings (SSSR count). The number of rotatable bonds is 10. The van der Waals surface area contributed by atoms with Crippen LogP contribution in [0.1, 0.15) is 120 Å². The summed E-state index contributed by atoms with van der Waals surface area (Å²) in [6, 6.07) is 0. The standard InChI is InChI=1S/C22H46O/c1-10-13-14-17-21(15-11-2,16-12-3)18-22(23,19(4,5)6)20(7,8)9/h23H,10-18H2,1-9H3. The highest BCUT2D eigenvalue weighted by Crippen LogP contribution is 2.53. The molecular weight excluding hydrogens is 280 g/mol. The van der Waals surface area contributed by atoms with Gasteiger partial charge >= 0.3 is 0 Å². The fraction of sp³-hybridized carbons (Fsp3) is 1.00. The summed E-state index contributed by atoms with van der Waals surface area (Å²) in [7, 11) is 0. The molecule has 0 saturated heterocycles. The van der Waals surface area contributed by atoms with Crippen LogP contribution in [0.15, 0.2) is 0 Å². The topological polar surface area (TPSA) is 20.2 Å². The third-order valence-electron chi connectivity index (χ3n) is 5.98. The van der Waals surface area contributed by atoms with E-state index in [2.05, 4.69) is 62.3 Å². The monoisotopic (exact) mass is 326 g/mol.